The fourth-order valence-electron chi connectivity index (χ4n) is 2.16. The molecule has 2 aliphatic heterocycles. The molecule has 2 heteroatoms. The maximum absolute atomic E-state index is 4.22. The molecule has 0 saturated carbocycles. The molecule has 0 aromatic rings. The molecule has 0 amide bonds. The molecule has 0 fully saturated rings. The van der Waals surface area contributed by atoms with E-state index >= 15 is 0 Å². The molecule has 0 aromatic carbocycles. The van der Waals surface area contributed by atoms with Crippen LogP contribution in [0.2, 0.25) is 0 Å². The predicted octanol–water partition coefficient (Wildman–Crippen LogP) is 1.18. The highest BCUT2D eigenvalue weighted by molar-refractivity contribution is 5.87. The summed E-state index contributed by atoms with van der Waals surface area (Å²) < 4.78 is 0. The lowest BCUT2D eigenvalue weighted by molar-refractivity contribution is 0.641. The molecule has 1 N–H and O–H groups in total. The first-order chi connectivity index (χ1) is 5.92. The first-order valence-electron chi connectivity index (χ1n) is 4.28. The topological polar surface area (TPSA) is 24.4 Å². The Morgan fingerprint density at radius 1 is 1.50 bits per heavy atom. The van der Waals surface area contributed by atoms with Crippen molar-refractivity contribution in [2.75, 3.05) is 6.54 Å². The molecule has 3 aliphatic rings. The van der Waals surface area contributed by atoms with Crippen molar-refractivity contribution in [1.82, 2.24) is 5.32 Å². The van der Waals surface area contributed by atoms with Gasteiger partial charge in [-0.1, -0.05) is 18.2 Å². The fourth-order valence-corrected chi connectivity index (χ4v) is 2.16. The van der Waals surface area contributed by atoms with Crippen molar-refractivity contribution in [1.29, 1.82) is 0 Å². The van der Waals surface area contributed by atoms with Crippen molar-refractivity contribution in [3.05, 3.63) is 35.6 Å². The van der Waals surface area contributed by atoms with Gasteiger partial charge in [0.05, 0.1) is 0 Å². The molecule has 1 unspecified atom stereocenters. The quantitative estimate of drug-likeness (QED) is 0.526. The van der Waals surface area contributed by atoms with E-state index in [1.807, 2.05) is 12.4 Å². The monoisotopic (exact) mass is 158 g/mol. The number of allylic oxidation sites excluding steroid dienone is 1. The van der Waals surface area contributed by atoms with Gasteiger partial charge < -0.3 is 0 Å². The third-order valence-electron chi connectivity index (χ3n) is 2.81. The van der Waals surface area contributed by atoms with Gasteiger partial charge in [-0.3, -0.25) is 10.3 Å². The molecule has 3 rings (SSSR count). The first-order valence-corrected chi connectivity index (χ1v) is 4.28. The van der Waals surface area contributed by atoms with E-state index in [4.69, 9.17) is 0 Å². The van der Waals surface area contributed by atoms with E-state index in [1.54, 1.807) is 0 Å². The molecule has 0 aromatic heterocycles. The van der Waals surface area contributed by atoms with Gasteiger partial charge in [-0.2, -0.15) is 0 Å². The minimum atomic E-state index is -0.00521. The Kier molecular flexibility index (Phi) is 1.04. The van der Waals surface area contributed by atoms with Crippen LogP contribution in [-0.4, -0.2) is 18.3 Å². The number of aliphatic imine (C=N–C) groups is 1. The summed E-state index contributed by atoms with van der Waals surface area (Å²) in [6.45, 7) is 0.973. The Morgan fingerprint density at radius 3 is 3.50 bits per heavy atom. The number of hydrogen-bond acceptors (Lipinski definition) is 2. The van der Waals surface area contributed by atoms with Crippen LogP contribution in [0, 0.1) is 0 Å². The summed E-state index contributed by atoms with van der Waals surface area (Å²) in [5.74, 6) is 0. The van der Waals surface area contributed by atoms with Crippen molar-refractivity contribution in [3.63, 3.8) is 0 Å². The molecule has 1 aliphatic carbocycles. The third kappa shape index (κ3) is 0.573. The highest BCUT2D eigenvalue weighted by Gasteiger charge is 2.41. The molecule has 1 atom stereocenters. The zero-order valence-electron chi connectivity index (χ0n) is 6.75. The lowest BCUT2D eigenvalue weighted by Gasteiger charge is -2.29. The van der Waals surface area contributed by atoms with Gasteiger partial charge in [-0.05, 0) is 17.6 Å². The van der Waals surface area contributed by atoms with Gasteiger partial charge in [-0.25, -0.2) is 0 Å². The minimum absolute atomic E-state index is 0.00521. The van der Waals surface area contributed by atoms with Crippen LogP contribution < -0.4 is 5.32 Å². The Balaban J connectivity index is 2.22. The molecule has 2 heterocycles. The Hall–Kier alpha value is -1.15. The summed E-state index contributed by atoms with van der Waals surface area (Å²) in [7, 11) is 0. The number of nitrogens with zero attached hydrogens (tertiary/aromatic N) is 1. The van der Waals surface area contributed by atoms with Crippen LogP contribution in [0.1, 0.15) is 6.42 Å². The standard InChI is InChI=1S/C10H10N2/c1-2-8-4-5-12-10(8)7-11-6-9(10)3-1/h1,3-4,6-7,12H,2,5H2. The highest BCUT2D eigenvalue weighted by Crippen LogP contribution is 2.37. The van der Waals surface area contributed by atoms with Crippen molar-refractivity contribution in [3.8, 4) is 0 Å². The smallest absolute Gasteiger partial charge is 0.103 e. The van der Waals surface area contributed by atoms with Crippen molar-refractivity contribution >= 4 is 6.21 Å². The van der Waals surface area contributed by atoms with Gasteiger partial charge in [0.2, 0.25) is 0 Å². The van der Waals surface area contributed by atoms with Gasteiger partial charge in [-0.15, -0.1) is 0 Å². The normalized spacial score (nSPS) is 36.0. The molecule has 0 saturated heterocycles. The average molecular weight is 158 g/mol. The molecule has 2 nitrogen and oxygen atoms in total. The Morgan fingerprint density at radius 2 is 2.50 bits per heavy atom. The van der Waals surface area contributed by atoms with Crippen molar-refractivity contribution in [2.24, 2.45) is 4.99 Å². The van der Waals surface area contributed by atoms with E-state index in [2.05, 4.69) is 28.5 Å². The third-order valence-corrected chi connectivity index (χ3v) is 2.81. The summed E-state index contributed by atoms with van der Waals surface area (Å²) in [6, 6.07) is 0. The lowest BCUT2D eigenvalue weighted by atomic mass is 9.81. The second-order valence-corrected chi connectivity index (χ2v) is 3.39. The van der Waals surface area contributed by atoms with E-state index in [1.165, 1.54) is 11.1 Å². The molecular weight excluding hydrogens is 148 g/mol. The molecule has 0 bridgehead atoms. The number of rotatable bonds is 0. The summed E-state index contributed by atoms with van der Waals surface area (Å²) in [4.78, 5) is 4.22. The van der Waals surface area contributed by atoms with Crippen molar-refractivity contribution < 1.29 is 0 Å². The molecule has 12 heavy (non-hydrogen) atoms. The predicted molar refractivity (Wildman–Crippen MR) is 49.1 cm³/mol. The van der Waals surface area contributed by atoms with E-state index in [9.17, 15) is 0 Å². The minimum Gasteiger partial charge on any atom is -0.296 e. The summed E-state index contributed by atoms with van der Waals surface area (Å²) in [5.41, 5.74) is 2.74. The zero-order chi connectivity index (χ0) is 8.02. The van der Waals surface area contributed by atoms with Crippen LogP contribution in [0.25, 0.3) is 0 Å². The molecular formula is C10H10N2. The van der Waals surface area contributed by atoms with Crippen LogP contribution >= 0.6 is 0 Å². The Labute approximate surface area is 71.4 Å². The van der Waals surface area contributed by atoms with Crippen molar-refractivity contribution in [2.45, 2.75) is 12.0 Å². The van der Waals surface area contributed by atoms with E-state index in [0.29, 0.717) is 0 Å². The SMILES string of the molecule is C1=CC2=CN=CC23NCC=C3C1. The molecule has 0 radical (unpaired) electrons. The van der Waals surface area contributed by atoms with E-state index in [-0.39, 0.29) is 5.54 Å². The van der Waals surface area contributed by atoms with Crippen LogP contribution in [-0.2, 0) is 0 Å². The van der Waals surface area contributed by atoms with Crippen LogP contribution in [0.4, 0.5) is 0 Å². The summed E-state index contributed by atoms with van der Waals surface area (Å²) in [6.07, 6.45) is 11.7. The molecule has 1 spiro atoms. The van der Waals surface area contributed by atoms with Gasteiger partial charge in [0.1, 0.15) is 5.54 Å². The second kappa shape index (κ2) is 1.96. The fraction of sp³-hybridized carbons (Fsp3) is 0.300. The maximum atomic E-state index is 4.22. The summed E-state index contributed by atoms with van der Waals surface area (Å²) in [5, 5.41) is 3.47. The largest absolute Gasteiger partial charge is 0.296 e. The first kappa shape index (κ1) is 6.38. The van der Waals surface area contributed by atoms with Gasteiger partial charge in [0.15, 0.2) is 0 Å². The van der Waals surface area contributed by atoms with Gasteiger partial charge in [0.25, 0.3) is 0 Å². The maximum Gasteiger partial charge on any atom is 0.103 e. The van der Waals surface area contributed by atoms with E-state index in [0.717, 1.165) is 13.0 Å². The lowest BCUT2D eigenvalue weighted by Crippen LogP contribution is -2.45. The van der Waals surface area contributed by atoms with Gasteiger partial charge >= 0.3 is 0 Å². The van der Waals surface area contributed by atoms with Crippen LogP contribution in [0.3, 0.4) is 0 Å². The van der Waals surface area contributed by atoms with Crippen LogP contribution in [0.5, 0.6) is 0 Å². The van der Waals surface area contributed by atoms with Gasteiger partial charge in [0, 0.05) is 19.0 Å². The highest BCUT2D eigenvalue weighted by atomic mass is 15.0. The Bertz CT molecular complexity index is 347. The van der Waals surface area contributed by atoms with Crippen LogP contribution in [0.15, 0.2) is 40.6 Å². The second-order valence-electron chi connectivity index (χ2n) is 3.39. The summed E-state index contributed by atoms with van der Waals surface area (Å²) >= 11 is 0. The number of hydrogen-bond donors (Lipinski definition) is 1. The van der Waals surface area contributed by atoms with E-state index < -0.39 is 0 Å². The molecule has 60 valence electrons. The average Bonchev–Trinajstić information content (AvgIpc) is 2.63. The zero-order valence-corrected chi connectivity index (χ0v) is 6.75. The number of nitrogens with one attached hydrogen (secondary N) is 1.